The van der Waals surface area contributed by atoms with E-state index in [0.717, 1.165) is 12.0 Å². The zero-order valence-corrected chi connectivity index (χ0v) is 19.2. The highest BCUT2D eigenvalue weighted by atomic mass is 28.3. The van der Waals surface area contributed by atoms with Gasteiger partial charge in [0.1, 0.15) is 0 Å². The molecule has 4 heteroatoms. The Balaban J connectivity index is 2.33. The first kappa shape index (κ1) is 21.9. The molecule has 0 bridgehead atoms. The zero-order chi connectivity index (χ0) is 20.2. The number of nitrogens with zero attached hydrogens (tertiary/aromatic N) is 2. The van der Waals surface area contributed by atoms with Crippen molar-refractivity contribution < 1.29 is 5.21 Å². The third-order valence-electron chi connectivity index (χ3n) is 6.26. The molecular weight excluding hydrogens is 348 g/mol. The van der Waals surface area contributed by atoms with Gasteiger partial charge in [-0.05, 0) is 46.4 Å². The van der Waals surface area contributed by atoms with Crippen LogP contribution in [-0.4, -0.2) is 22.7 Å². The number of benzene rings is 1. The average molecular weight is 387 g/mol. The van der Waals surface area contributed by atoms with Crippen LogP contribution in [-0.2, 0) is 6.54 Å². The maximum absolute atomic E-state index is 10.8. The van der Waals surface area contributed by atoms with Crippen molar-refractivity contribution in [2.24, 2.45) is 0 Å². The molecule has 0 spiro atoms. The first-order chi connectivity index (χ1) is 12.7. The van der Waals surface area contributed by atoms with Gasteiger partial charge < -0.3 is 9.44 Å². The summed E-state index contributed by atoms with van der Waals surface area (Å²) in [5, 5.41) is 12.3. The Morgan fingerprint density at radius 2 is 1.48 bits per heavy atom. The van der Waals surface area contributed by atoms with Crippen LogP contribution in [0.5, 0.6) is 0 Å². The molecule has 3 nitrogen and oxygen atoms in total. The second-order valence-electron chi connectivity index (χ2n) is 8.71. The van der Waals surface area contributed by atoms with Crippen LogP contribution < -0.4 is 0 Å². The summed E-state index contributed by atoms with van der Waals surface area (Å²) in [6, 6.07) is 12.4. The average Bonchev–Trinajstić information content (AvgIpc) is 3.05. The fraction of sp³-hybridized carbons (Fsp3) is 0.565. The smallest absolute Gasteiger partial charge is 0.168 e. The lowest BCUT2D eigenvalue weighted by Gasteiger charge is -2.44. The Labute approximate surface area is 167 Å². The molecule has 0 saturated carbocycles. The quantitative estimate of drug-likeness (QED) is 0.377. The van der Waals surface area contributed by atoms with Crippen molar-refractivity contribution in [2.45, 2.75) is 84.1 Å². The molecule has 1 aromatic heterocycles. The Morgan fingerprint density at radius 3 is 1.96 bits per heavy atom. The van der Waals surface area contributed by atoms with Crippen LogP contribution in [0.4, 0.5) is 0 Å². The fourth-order valence-electron chi connectivity index (χ4n) is 5.24. The van der Waals surface area contributed by atoms with E-state index in [9.17, 15) is 5.21 Å². The second kappa shape index (κ2) is 9.22. The SMILES string of the molecule is CCC(c1ccn([Si](C(C)C)(C(C)C)C(C)C)c1)N(O)Cc1ccccc1. The van der Waals surface area contributed by atoms with E-state index in [2.05, 4.69) is 83.3 Å². The van der Waals surface area contributed by atoms with Crippen molar-refractivity contribution in [3.8, 4) is 0 Å². The highest BCUT2D eigenvalue weighted by molar-refractivity contribution is 6.82. The van der Waals surface area contributed by atoms with Crippen LogP contribution in [0.2, 0.25) is 16.6 Å². The molecular formula is C23H38N2OSi. The highest BCUT2D eigenvalue weighted by Crippen LogP contribution is 2.43. The molecule has 1 heterocycles. The molecule has 2 rings (SSSR count). The summed E-state index contributed by atoms with van der Waals surface area (Å²) < 4.78 is 2.56. The van der Waals surface area contributed by atoms with E-state index in [1.165, 1.54) is 10.6 Å². The van der Waals surface area contributed by atoms with Crippen LogP contribution in [0.15, 0.2) is 48.8 Å². The monoisotopic (exact) mass is 386 g/mol. The lowest BCUT2D eigenvalue weighted by atomic mass is 10.1. The van der Waals surface area contributed by atoms with Gasteiger partial charge in [0, 0.05) is 12.7 Å². The minimum absolute atomic E-state index is 0.0182. The molecule has 0 amide bonds. The molecule has 0 aliphatic rings. The van der Waals surface area contributed by atoms with Gasteiger partial charge in [0.05, 0.1) is 6.04 Å². The van der Waals surface area contributed by atoms with Crippen molar-refractivity contribution in [1.82, 2.24) is 9.30 Å². The predicted molar refractivity (Wildman–Crippen MR) is 118 cm³/mol. The van der Waals surface area contributed by atoms with Gasteiger partial charge in [0.15, 0.2) is 8.24 Å². The maximum Gasteiger partial charge on any atom is 0.168 e. The van der Waals surface area contributed by atoms with Crippen LogP contribution in [0, 0.1) is 0 Å². The summed E-state index contributed by atoms with van der Waals surface area (Å²) in [4.78, 5) is 0. The summed E-state index contributed by atoms with van der Waals surface area (Å²) in [6.07, 6.45) is 5.49. The molecule has 0 fully saturated rings. The number of hydrogen-bond donors (Lipinski definition) is 1. The minimum Gasteiger partial charge on any atom is -0.379 e. The second-order valence-corrected chi connectivity index (χ2v) is 14.5. The Bertz CT molecular complexity index is 672. The Hall–Kier alpha value is -1.36. The summed E-state index contributed by atoms with van der Waals surface area (Å²) >= 11 is 0. The van der Waals surface area contributed by atoms with Gasteiger partial charge in [0.2, 0.25) is 0 Å². The highest BCUT2D eigenvalue weighted by Gasteiger charge is 2.45. The van der Waals surface area contributed by atoms with Gasteiger partial charge in [-0.25, -0.2) is 0 Å². The van der Waals surface area contributed by atoms with Crippen molar-refractivity contribution in [2.75, 3.05) is 0 Å². The van der Waals surface area contributed by atoms with Gasteiger partial charge in [-0.2, -0.15) is 5.06 Å². The Kier molecular flexibility index (Phi) is 7.49. The fourth-order valence-corrected chi connectivity index (χ4v) is 11.7. The van der Waals surface area contributed by atoms with Crippen LogP contribution in [0.1, 0.15) is 72.1 Å². The largest absolute Gasteiger partial charge is 0.379 e. The number of hydrogen-bond acceptors (Lipinski definition) is 2. The van der Waals surface area contributed by atoms with Gasteiger partial charge in [-0.15, -0.1) is 0 Å². The van der Waals surface area contributed by atoms with Crippen LogP contribution >= 0.6 is 0 Å². The Morgan fingerprint density at radius 1 is 0.926 bits per heavy atom. The molecule has 1 N–H and O–H groups in total. The first-order valence-corrected chi connectivity index (χ1v) is 12.6. The predicted octanol–water partition coefficient (Wildman–Crippen LogP) is 6.85. The molecule has 2 aromatic rings. The first-order valence-electron chi connectivity index (χ1n) is 10.4. The lowest BCUT2D eigenvalue weighted by molar-refractivity contribution is -0.138. The van der Waals surface area contributed by atoms with E-state index < -0.39 is 8.24 Å². The molecule has 0 saturated heterocycles. The number of rotatable bonds is 9. The molecule has 1 atom stereocenters. The van der Waals surface area contributed by atoms with E-state index in [-0.39, 0.29) is 6.04 Å². The summed E-state index contributed by atoms with van der Waals surface area (Å²) in [5.74, 6) is 0. The van der Waals surface area contributed by atoms with Crippen molar-refractivity contribution >= 4 is 8.24 Å². The summed E-state index contributed by atoms with van der Waals surface area (Å²) in [7, 11) is -1.73. The third-order valence-corrected chi connectivity index (χ3v) is 13.0. The number of aromatic nitrogens is 1. The van der Waals surface area contributed by atoms with Crippen molar-refractivity contribution in [1.29, 1.82) is 0 Å². The van der Waals surface area contributed by atoms with E-state index in [1.807, 2.05) is 18.2 Å². The zero-order valence-electron chi connectivity index (χ0n) is 18.2. The van der Waals surface area contributed by atoms with Crippen LogP contribution in [0.25, 0.3) is 0 Å². The molecule has 1 unspecified atom stereocenters. The third kappa shape index (κ3) is 4.39. The van der Waals surface area contributed by atoms with E-state index in [0.29, 0.717) is 23.2 Å². The summed E-state index contributed by atoms with van der Waals surface area (Å²) in [6.45, 7) is 17.0. The van der Waals surface area contributed by atoms with Crippen molar-refractivity contribution in [3.05, 3.63) is 59.9 Å². The van der Waals surface area contributed by atoms with Gasteiger partial charge in [0.25, 0.3) is 0 Å². The molecule has 0 aliphatic carbocycles. The van der Waals surface area contributed by atoms with E-state index in [4.69, 9.17) is 0 Å². The van der Waals surface area contributed by atoms with Gasteiger partial charge >= 0.3 is 0 Å². The molecule has 0 radical (unpaired) electrons. The maximum atomic E-state index is 10.8. The standard InChI is InChI=1S/C23H38N2OSi/c1-8-23(25(26)16-21-12-10-9-11-13-21)22-14-15-24(17-22)27(18(2)3,19(4)5)20(6)7/h9-15,17-20,23,26H,8,16H2,1-7H3. The lowest BCUT2D eigenvalue weighted by Crippen LogP contribution is -2.51. The normalized spacial score (nSPS) is 13.9. The molecule has 0 aliphatic heterocycles. The van der Waals surface area contributed by atoms with Gasteiger partial charge in [-0.1, -0.05) is 78.8 Å². The minimum atomic E-state index is -1.73. The summed E-state index contributed by atoms with van der Waals surface area (Å²) in [5.41, 5.74) is 4.33. The number of hydroxylamine groups is 2. The molecule has 27 heavy (non-hydrogen) atoms. The molecule has 1 aromatic carbocycles. The van der Waals surface area contributed by atoms with Crippen LogP contribution in [0.3, 0.4) is 0 Å². The van der Waals surface area contributed by atoms with E-state index in [1.54, 1.807) is 0 Å². The topological polar surface area (TPSA) is 28.4 Å². The molecule has 150 valence electrons. The van der Waals surface area contributed by atoms with Crippen molar-refractivity contribution in [3.63, 3.8) is 0 Å². The van der Waals surface area contributed by atoms with Gasteiger partial charge in [-0.3, -0.25) is 0 Å². The van der Waals surface area contributed by atoms with E-state index >= 15 is 0 Å².